The van der Waals surface area contributed by atoms with Gasteiger partial charge in [-0.15, -0.1) is 0 Å². The largest absolute Gasteiger partial charge is 0.494 e. The molecule has 18 heavy (non-hydrogen) atoms. The Bertz CT molecular complexity index is 405. The molecule has 0 unspecified atom stereocenters. The van der Waals surface area contributed by atoms with Crippen LogP contribution in [0.2, 0.25) is 0 Å². The van der Waals surface area contributed by atoms with Gasteiger partial charge < -0.3 is 15.2 Å². The van der Waals surface area contributed by atoms with Gasteiger partial charge in [-0.25, -0.2) is 4.39 Å². The minimum absolute atomic E-state index is 0.0808. The Morgan fingerprint density at radius 1 is 1.56 bits per heavy atom. The van der Waals surface area contributed by atoms with Crippen LogP contribution in [0.25, 0.3) is 0 Å². The number of benzene rings is 1. The predicted octanol–water partition coefficient (Wildman–Crippen LogP) is 1.26. The van der Waals surface area contributed by atoms with Gasteiger partial charge in [0, 0.05) is 0 Å². The molecule has 0 spiro atoms. The average Bonchev–Trinajstić information content (AvgIpc) is 2.36. The summed E-state index contributed by atoms with van der Waals surface area (Å²) < 4.78 is 18.2. The van der Waals surface area contributed by atoms with Crippen LogP contribution >= 0.6 is 0 Å². The number of carbonyl (C=O) groups excluding carboxylic acids is 1. The van der Waals surface area contributed by atoms with E-state index in [0.29, 0.717) is 12.0 Å². The second kappa shape index (κ2) is 6.96. The van der Waals surface area contributed by atoms with E-state index >= 15 is 0 Å². The molecule has 2 N–H and O–H groups in total. The highest BCUT2D eigenvalue weighted by Crippen LogP contribution is 2.17. The van der Waals surface area contributed by atoms with Crippen molar-refractivity contribution in [3.05, 3.63) is 29.6 Å². The molecule has 0 aliphatic rings. The molecule has 5 heteroatoms. The normalized spacial score (nSPS) is 12.0. The first kappa shape index (κ1) is 14.4. The number of hydrogen-bond acceptors (Lipinski definition) is 3. The van der Waals surface area contributed by atoms with Crippen LogP contribution in [0.1, 0.15) is 18.9 Å². The molecule has 0 bridgehead atoms. The maximum absolute atomic E-state index is 13.4. The van der Waals surface area contributed by atoms with Crippen LogP contribution in [0, 0.1) is 5.82 Å². The molecule has 0 aliphatic carbocycles. The Labute approximate surface area is 106 Å². The third-order valence-corrected chi connectivity index (χ3v) is 2.66. The number of carbonyl (C=O) groups is 1. The fraction of sp³-hybridized carbons (Fsp3) is 0.462. The van der Waals surface area contributed by atoms with Crippen LogP contribution in [-0.2, 0) is 11.2 Å². The number of ether oxygens (including phenoxy) is 1. The molecule has 0 heterocycles. The first-order valence-electron chi connectivity index (χ1n) is 5.83. The average molecular weight is 255 g/mol. The van der Waals surface area contributed by atoms with E-state index in [1.165, 1.54) is 19.2 Å². The van der Waals surface area contributed by atoms with E-state index in [1.54, 1.807) is 6.07 Å². The van der Waals surface area contributed by atoms with E-state index in [4.69, 9.17) is 9.84 Å². The van der Waals surface area contributed by atoms with Crippen molar-refractivity contribution in [1.82, 2.24) is 5.32 Å². The van der Waals surface area contributed by atoms with Gasteiger partial charge in [0.15, 0.2) is 11.6 Å². The lowest BCUT2D eigenvalue weighted by Crippen LogP contribution is -2.37. The van der Waals surface area contributed by atoms with Crippen molar-refractivity contribution in [1.29, 1.82) is 0 Å². The summed E-state index contributed by atoms with van der Waals surface area (Å²) in [6.45, 7) is 1.77. The maximum Gasteiger partial charge on any atom is 0.224 e. The molecule has 1 amide bonds. The van der Waals surface area contributed by atoms with Crippen LogP contribution in [0.15, 0.2) is 18.2 Å². The molecular weight excluding hydrogens is 237 g/mol. The molecule has 0 fully saturated rings. The molecule has 0 saturated heterocycles. The van der Waals surface area contributed by atoms with E-state index in [0.717, 1.165) is 0 Å². The van der Waals surface area contributed by atoms with Gasteiger partial charge in [-0.1, -0.05) is 13.0 Å². The summed E-state index contributed by atoms with van der Waals surface area (Å²) in [6, 6.07) is 4.15. The van der Waals surface area contributed by atoms with E-state index in [-0.39, 0.29) is 30.7 Å². The highest BCUT2D eigenvalue weighted by molar-refractivity contribution is 5.78. The van der Waals surface area contributed by atoms with Crippen molar-refractivity contribution in [3.63, 3.8) is 0 Å². The number of aliphatic hydroxyl groups excluding tert-OH is 1. The second-order valence-corrected chi connectivity index (χ2v) is 4.00. The zero-order valence-electron chi connectivity index (χ0n) is 10.6. The summed E-state index contributed by atoms with van der Waals surface area (Å²) in [5.41, 5.74) is 0.568. The Balaban J connectivity index is 2.62. The summed E-state index contributed by atoms with van der Waals surface area (Å²) in [5, 5.41) is 11.6. The molecule has 100 valence electrons. The van der Waals surface area contributed by atoms with Crippen LogP contribution < -0.4 is 10.1 Å². The van der Waals surface area contributed by atoms with Gasteiger partial charge in [-0.2, -0.15) is 0 Å². The molecule has 1 aromatic rings. The Hall–Kier alpha value is -1.62. The topological polar surface area (TPSA) is 58.6 Å². The van der Waals surface area contributed by atoms with Crippen molar-refractivity contribution in [2.45, 2.75) is 25.8 Å². The standard InChI is InChI=1S/C13H18FNO3/c1-3-10(8-16)15-13(17)7-9-4-5-12(18-2)11(14)6-9/h4-6,10,16H,3,7-8H2,1-2H3,(H,15,17)/t10-/m1/s1. The predicted molar refractivity (Wildman–Crippen MR) is 66.0 cm³/mol. The molecule has 4 nitrogen and oxygen atoms in total. The molecule has 0 aliphatic heterocycles. The van der Waals surface area contributed by atoms with Gasteiger partial charge in [0.05, 0.1) is 26.2 Å². The number of nitrogens with one attached hydrogen (secondary N) is 1. The van der Waals surface area contributed by atoms with Crippen LogP contribution in [0.4, 0.5) is 4.39 Å². The van der Waals surface area contributed by atoms with Gasteiger partial charge >= 0.3 is 0 Å². The molecule has 1 rings (SSSR count). The van der Waals surface area contributed by atoms with Crippen molar-refractivity contribution in [2.75, 3.05) is 13.7 Å². The summed E-state index contributed by atoms with van der Waals surface area (Å²) >= 11 is 0. The van der Waals surface area contributed by atoms with E-state index in [2.05, 4.69) is 5.32 Å². The van der Waals surface area contributed by atoms with Gasteiger partial charge in [0.2, 0.25) is 5.91 Å². The van der Waals surface area contributed by atoms with Gasteiger partial charge in [-0.3, -0.25) is 4.79 Å². The maximum atomic E-state index is 13.4. The van der Waals surface area contributed by atoms with Crippen LogP contribution in [0.3, 0.4) is 0 Å². The van der Waals surface area contributed by atoms with Crippen molar-refractivity contribution in [2.24, 2.45) is 0 Å². The Morgan fingerprint density at radius 2 is 2.28 bits per heavy atom. The zero-order chi connectivity index (χ0) is 13.5. The fourth-order valence-corrected chi connectivity index (χ4v) is 1.56. The number of rotatable bonds is 6. The zero-order valence-corrected chi connectivity index (χ0v) is 10.6. The van der Waals surface area contributed by atoms with E-state index in [9.17, 15) is 9.18 Å². The smallest absolute Gasteiger partial charge is 0.224 e. The van der Waals surface area contributed by atoms with Crippen LogP contribution in [-0.4, -0.2) is 30.8 Å². The molecule has 1 aromatic carbocycles. The van der Waals surface area contributed by atoms with Gasteiger partial charge in [-0.05, 0) is 24.1 Å². The summed E-state index contributed by atoms with van der Waals surface area (Å²) in [6.07, 6.45) is 0.733. The lowest BCUT2D eigenvalue weighted by Gasteiger charge is -2.14. The van der Waals surface area contributed by atoms with Crippen molar-refractivity contribution >= 4 is 5.91 Å². The number of aliphatic hydroxyl groups is 1. The van der Waals surface area contributed by atoms with Crippen LogP contribution in [0.5, 0.6) is 5.75 Å². The SMILES string of the molecule is CC[C@H](CO)NC(=O)Cc1ccc(OC)c(F)c1. The number of halogens is 1. The summed E-state index contributed by atoms with van der Waals surface area (Å²) in [5.74, 6) is -0.571. The second-order valence-electron chi connectivity index (χ2n) is 4.00. The van der Waals surface area contributed by atoms with Gasteiger partial charge in [0.1, 0.15) is 0 Å². The molecule has 0 radical (unpaired) electrons. The van der Waals surface area contributed by atoms with Gasteiger partial charge in [0.25, 0.3) is 0 Å². The first-order valence-corrected chi connectivity index (χ1v) is 5.83. The third-order valence-electron chi connectivity index (χ3n) is 2.66. The highest BCUT2D eigenvalue weighted by atomic mass is 19.1. The molecule has 0 saturated carbocycles. The number of hydrogen-bond donors (Lipinski definition) is 2. The fourth-order valence-electron chi connectivity index (χ4n) is 1.56. The first-order chi connectivity index (χ1) is 8.60. The monoisotopic (exact) mass is 255 g/mol. The Kier molecular flexibility index (Phi) is 5.58. The lowest BCUT2D eigenvalue weighted by molar-refractivity contribution is -0.121. The minimum atomic E-state index is -0.489. The van der Waals surface area contributed by atoms with Crippen molar-refractivity contribution in [3.8, 4) is 5.75 Å². The third kappa shape index (κ3) is 4.00. The highest BCUT2D eigenvalue weighted by Gasteiger charge is 2.11. The molecule has 0 aromatic heterocycles. The van der Waals surface area contributed by atoms with E-state index < -0.39 is 5.82 Å². The Morgan fingerprint density at radius 3 is 2.78 bits per heavy atom. The molecule has 1 atom stereocenters. The quantitative estimate of drug-likeness (QED) is 0.804. The number of methoxy groups -OCH3 is 1. The minimum Gasteiger partial charge on any atom is -0.494 e. The summed E-state index contributed by atoms with van der Waals surface area (Å²) in [7, 11) is 1.39. The van der Waals surface area contributed by atoms with E-state index in [1.807, 2.05) is 6.92 Å². The lowest BCUT2D eigenvalue weighted by atomic mass is 10.1. The van der Waals surface area contributed by atoms with Crippen molar-refractivity contribution < 1.29 is 19.0 Å². The summed E-state index contributed by atoms with van der Waals surface area (Å²) in [4.78, 5) is 11.6. The number of amides is 1. The molecular formula is C13H18FNO3.